The van der Waals surface area contributed by atoms with Gasteiger partial charge in [0, 0.05) is 18.5 Å². The number of benzene rings is 1. The van der Waals surface area contributed by atoms with Crippen LogP contribution >= 0.6 is 0 Å². The fourth-order valence-corrected chi connectivity index (χ4v) is 2.35. The van der Waals surface area contributed by atoms with E-state index in [-0.39, 0.29) is 17.7 Å². The minimum Gasteiger partial charge on any atom is -0.467 e. The van der Waals surface area contributed by atoms with Gasteiger partial charge in [-0.2, -0.15) is 0 Å². The molecule has 0 unspecified atom stereocenters. The number of methoxy groups -OCH3 is 1. The van der Waals surface area contributed by atoms with E-state index < -0.39 is 12.0 Å². The van der Waals surface area contributed by atoms with Crippen molar-refractivity contribution in [3.63, 3.8) is 0 Å². The average Bonchev–Trinajstić information content (AvgIpc) is 2.62. The Morgan fingerprint density at radius 2 is 1.72 bits per heavy atom. The molecule has 1 atom stereocenters. The number of unbranched alkanes of at least 4 members (excludes halogenated alkanes) is 2. The first-order valence-electron chi connectivity index (χ1n) is 8.66. The number of hydrogen-bond donors (Lipinski definition) is 2. The first-order chi connectivity index (χ1) is 12.0. The number of amides is 2. The molecule has 1 aromatic carbocycles. The van der Waals surface area contributed by atoms with Crippen LogP contribution in [0.2, 0.25) is 0 Å². The van der Waals surface area contributed by atoms with Crippen molar-refractivity contribution in [3.05, 3.63) is 35.9 Å². The summed E-state index contributed by atoms with van der Waals surface area (Å²) in [5.74, 6) is -0.690. The first kappa shape index (κ1) is 20.7. The fraction of sp³-hybridized carbons (Fsp3) is 0.526. The minimum absolute atomic E-state index is 0.0235. The third-order valence-electron chi connectivity index (χ3n) is 3.84. The lowest BCUT2D eigenvalue weighted by Crippen LogP contribution is -2.44. The van der Waals surface area contributed by atoms with E-state index in [2.05, 4.69) is 10.6 Å². The van der Waals surface area contributed by atoms with Crippen molar-refractivity contribution in [1.82, 2.24) is 10.6 Å². The molecule has 0 aromatic heterocycles. The summed E-state index contributed by atoms with van der Waals surface area (Å²) >= 11 is 0. The summed E-state index contributed by atoms with van der Waals surface area (Å²) in [6.45, 7) is 4.29. The van der Waals surface area contributed by atoms with Crippen LogP contribution in [0.1, 0.15) is 49.9 Å². The second-order valence-electron chi connectivity index (χ2n) is 6.24. The van der Waals surface area contributed by atoms with Crippen molar-refractivity contribution in [2.24, 2.45) is 5.92 Å². The third kappa shape index (κ3) is 7.83. The predicted octanol–water partition coefficient (Wildman–Crippen LogP) is 2.29. The van der Waals surface area contributed by atoms with Crippen molar-refractivity contribution < 1.29 is 19.1 Å². The second-order valence-corrected chi connectivity index (χ2v) is 6.24. The van der Waals surface area contributed by atoms with E-state index in [4.69, 9.17) is 4.74 Å². The highest BCUT2D eigenvalue weighted by Gasteiger charge is 2.24. The highest BCUT2D eigenvalue weighted by atomic mass is 16.5. The molecule has 2 N–H and O–H groups in total. The molecular weight excluding hydrogens is 320 g/mol. The van der Waals surface area contributed by atoms with Gasteiger partial charge in [-0.25, -0.2) is 4.79 Å². The number of ether oxygens (including phenoxy) is 1. The van der Waals surface area contributed by atoms with Gasteiger partial charge in [-0.1, -0.05) is 38.5 Å². The smallest absolute Gasteiger partial charge is 0.328 e. The molecule has 0 saturated heterocycles. The summed E-state index contributed by atoms with van der Waals surface area (Å²) in [4.78, 5) is 35.4. The van der Waals surface area contributed by atoms with Crippen LogP contribution in [0.25, 0.3) is 0 Å². The van der Waals surface area contributed by atoms with Crippen molar-refractivity contribution in [2.45, 2.75) is 45.6 Å². The number of nitrogens with one attached hydrogen (secondary N) is 2. The standard InChI is InChI=1S/C19H28N2O4/c1-14(2)17(19(24)25-3)21-16(22)12-8-5-9-13-20-18(23)15-10-6-4-7-11-15/h4,6-7,10-11,14,17H,5,8-9,12-13H2,1-3H3,(H,20,23)(H,21,22)/t17-/m1/s1. The van der Waals surface area contributed by atoms with Crippen LogP contribution in [0.15, 0.2) is 30.3 Å². The quantitative estimate of drug-likeness (QED) is 0.502. The molecule has 6 heteroatoms. The molecule has 0 bridgehead atoms. The van der Waals surface area contributed by atoms with E-state index >= 15 is 0 Å². The van der Waals surface area contributed by atoms with Gasteiger partial charge in [-0.3, -0.25) is 9.59 Å². The molecule has 0 spiro atoms. The van der Waals surface area contributed by atoms with Crippen molar-refractivity contribution in [2.75, 3.05) is 13.7 Å². The molecule has 2 amide bonds. The van der Waals surface area contributed by atoms with Gasteiger partial charge >= 0.3 is 5.97 Å². The van der Waals surface area contributed by atoms with Gasteiger partial charge in [-0.05, 0) is 30.9 Å². The molecule has 6 nitrogen and oxygen atoms in total. The zero-order valence-electron chi connectivity index (χ0n) is 15.2. The molecule has 0 aliphatic rings. The van der Waals surface area contributed by atoms with Crippen LogP contribution in [0.3, 0.4) is 0 Å². The van der Waals surface area contributed by atoms with Gasteiger partial charge in [0.15, 0.2) is 0 Å². The van der Waals surface area contributed by atoms with E-state index in [1.807, 2.05) is 32.0 Å². The summed E-state index contributed by atoms with van der Waals surface area (Å²) in [6.07, 6.45) is 2.69. The highest BCUT2D eigenvalue weighted by molar-refractivity contribution is 5.94. The SMILES string of the molecule is COC(=O)[C@H](NC(=O)CCCCCNC(=O)c1ccccc1)C(C)C. The van der Waals surface area contributed by atoms with E-state index in [1.54, 1.807) is 12.1 Å². The van der Waals surface area contributed by atoms with Crippen LogP contribution in [-0.4, -0.2) is 37.5 Å². The lowest BCUT2D eigenvalue weighted by Gasteiger charge is -2.19. The number of carbonyl (C=O) groups is 3. The molecule has 0 fully saturated rings. The summed E-state index contributed by atoms with van der Waals surface area (Å²) < 4.78 is 4.70. The maximum Gasteiger partial charge on any atom is 0.328 e. The number of esters is 1. The monoisotopic (exact) mass is 348 g/mol. The van der Waals surface area contributed by atoms with Gasteiger partial charge < -0.3 is 15.4 Å². The topological polar surface area (TPSA) is 84.5 Å². The lowest BCUT2D eigenvalue weighted by atomic mass is 10.0. The van der Waals surface area contributed by atoms with E-state index in [0.717, 1.165) is 12.8 Å². The zero-order chi connectivity index (χ0) is 18.7. The molecule has 25 heavy (non-hydrogen) atoms. The normalized spacial score (nSPS) is 11.7. The molecule has 138 valence electrons. The molecule has 0 saturated carbocycles. The number of hydrogen-bond acceptors (Lipinski definition) is 4. The van der Waals surface area contributed by atoms with Crippen LogP contribution in [0.5, 0.6) is 0 Å². The molecular formula is C19H28N2O4. The van der Waals surface area contributed by atoms with Crippen molar-refractivity contribution in [1.29, 1.82) is 0 Å². The van der Waals surface area contributed by atoms with E-state index in [1.165, 1.54) is 7.11 Å². The summed E-state index contributed by atoms with van der Waals surface area (Å²) in [6, 6.07) is 8.45. The molecule has 0 aliphatic heterocycles. The summed E-state index contributed by atoms with van der Waals surface area (Å²) in [5.41, 5.74) is 0.643. The van der Waals surface area contributed by atoms with E-state index in [0.29, 0.717) is 24.9 Å². The number of rotatable bonds is 10. The molecule has 1 rings (SSSR count). The fourth-order valence-electron chi connectivity index (χ4n) is 2.35. The Bertz CT molecular complexity index is 558. The number of carbonyl (C=O) groups excluding carboxylic acids is 3. The van der Waals surface area contributed by atoms with Gasteiger partial charge in [-0.15, -0.1) is 0 Å². The van der Waals surface area contributed by atoms with Crippen LogP contribution in [0.4, 0.5) is 0 Å². The Balaban J connectivity index is 2.17. The maximum atomic E-state index is 11.9. The Kier molecular flexibility index (Phi) is 9.29. The zero-order valence-corrected chi connectivity index (χ0v) is 15.2. The summed E-state index contributed by atoms with van der Waals surface area (Å²) in [5, 5.41) is 5.57. The predicted molar refractivity (Wildman–Crippen MR) is 96.0 cm³/mol. The third-order valence-corrected chi connectivity index (χ3v) is 3.84. The van der Waals surface area contributed by atoms with Crippen LogP contribution < -0.4 is 10.6 Å². The minimum atomic E-state index is -0.609. The van der Waals surface area contributed by atoms with Crippen molar-refractivity contribution >= 4 is 17.8 Å². The van der Waals surface area contributed by atoms with Crippen LogP contribution in [0, 0.1) is 5.92 Å². The highest BCUT2D eigenvalue weighted by Crippen LogP contribution is 2.06. The molecule has 0 aliphatic carbocycles. The van der Waals surface area contributed by atoms with Gasteiger partial charge in [0.1, 0.15) is 6.04 Å². The molecule has 1 aromatic rings. The maximum absolute atomic E-state index is 11.9. The first-order valence-corrected chi connectivity index (χ1v) is 8.66. The Labute approximate surface area is 149 Å². The van der Waals surface area contributed by atoms with Gasteiger partial charge in [0.2, 0.25) is 5.91 Å². The van der Waals surface area contributed by atoms with Gasteiger partial charge in [0.25, 0.3) is 5.91 Å². The molecule has 0 heterocycles. The largest absolute Gasteiger partial charge is 0.467 e. The van der Waals surface area contributed by atoms with Crippen LogP contribution in [-0.2, 0) is 14.3 Å². The Morgan fingerprint density at radius 1 is 1.04 bits per heavy atom. The van der Waals surface area contributed by atoms with Gasteiger partial charge in [0.05, 0.1) is 7.11 Å². The van der Waals surface area contributed by atoms with Crippen molar-refractivity contribution in [3.8, 4) is 0 Å². The summed E-state index contributed by atoms with van der Waals surface area (Å²) in [7, 11) is 1.31. The molecule has 0 radical (unpaired) electrons. The van der Waals surface area contributed by atoms with E-state index in [9.17, 15) is 14.4 Å². The lowest BCUT2D eigenvalue weighted by molar-refractivity contribution is -0.146. The second kappa shape index (κ2) is 11.2. The average molecular weight is 348 g/mol. The Hall–Kier alpha value is -2.37. The Morgan fingerprint density at radius 3 is 2.32 bits per heavy atom.